The van der Waals surface area contributed by atoms with Gasteiger partial charge in [0.2, 0.25) is 10.0 Å². The van der Waals surface area contributed by atoms with Crippen molar-refractivity contribution in [3.05, 3.63) is 83.9 Å². The van der Waals surface area contributed by atoms with Crippen LogP contribution >= 0.6 is 0 Å². The molecule has 0 fully saturated rings. The van der Waals surface area contributed by atoms with Crippen molar-refractivity contribution in [3.8, 4) is 11.3 Å². The number of H-pyrrole nitrogens is 1. The van der Waals surface area contributed by atoms with Crippen LogP contribution in [0.4, 0.5) is 0 Å². The molecule has 1 amide bonds. The van der Waals surface area contributed by atoms with Crippen molar-refractivity contribution < 1.29 is 18.3 Å². The number of hydrogen-bond acceptors (Lipinski definition) is 5. The van der Waals surface area contributed by atoms with E-state index in [0.717, 1.165) is 5.56 Å². The van der Waals surface area contributed by atoms with E-state index < -0.39 is 16.1 Å². The van der Waals surface area contributed by atoms with Crippen molar-refractivity contribution in [1.29, 1.82) is 0 Å². The molecule has 0 bridgehead atoms. The molecule has 4 rings (SSSR count). The highest BCUT2D eigenvalue weighted by Gasteiger charge is 2.17. The van der Waals surface area contributed by atoms with E-state index in [1.165, 1.54) is 12.1 Å². The first-order valence-electron chi connectivity index (χ1n) is 9.45. The Morgan fingerprint density at radius 2 is 1.84 bits per heavy atom. The summed E-state index contributed by atoms with van der Waals surface area (Å²) in [5.74, 6) is -0.352. The number of aliphatic hydroxyl groups excluding tert-OH is 1. The first kappa shape index (κ1) is 20.7. The number of benzene rings is 3. The SMILES string of the molecule is NS(=O)(=O)c1cccc(-c2n[nH]c3ccc(C(=O)N[C@@H](CO)c4ccccc4)cc23)c1. The van der Waals surface area contributed by atoms with Gasteiger partial charge in [-0.3, -0.25) is 9.89 Å². The quantitative estimate of drug-likeness (QED) is 0.367. The molecule has 9 heteroatoms. The Morgan fingerprint density at radius 1 is 1.06 bits per heavy atom. The lowest BCUT2D eigenvalue weighted by Crippen LogP contribution is -2.30. The van der Waals surface area contributed by atoms with Gasteiger partial charge in [-0.05, 0) is 35.9 Å². The molecule has 0 spiro atoms. The number of aliphatic hydroxyl groups is 1. The maximum Gasteiger partial charge on any atom is 0.251 e. The summed E-state index contributed by atoms with van der Waals surface area (Å²) >= 11 is 0. The lowest BCUT2D eigenvalue weighted by molar-refractivity contribution is 0.0916. The number of nitrogens with one attached hydrogen (secondary N) is 2. The zero-order valence-electron chi connectivity index (χ0n) is 16.3. The monoisotopic (exact) mass is 436 g/mol. The number of nitrogens with two attached hydrogens (primary N) is 1. The number of carbonyl (C=O) groups excluding carboxylic acids is 1. The van der Waals surface area contributed by atoms with E-state index in [1.807, 2.05) is 30.3 Å². The van der Waals surface area contributed by atoms with Crippen LogP contribution in [0.25, 0.3) is 22.2 Å². The first-order chi connectivity index (χ1) is 14.9. The molecule has 8 nitrogen and oxygen atoms in total. The number of rotatable bonds is 6. The largest absolute Gasteiger partial charge is 0.394 e. The Kier molecular flexibility index (Phi) is 5.55. The van der Waals surface area contributed by atoms with Gasteiger partial charge in [-0.2, -0.15) is 5.10 Å². The number of aromatic amines is 1. The lowest BCUT2D eigenvalue weighted by Gasteiger charge is -2.16. The molecule has 1 aromatic heterocycles. The third-order valence-electron chi connectivity index (χ3n) is 4.95. The second-order valence-electron chi connectivity index (χ2n) is 7.02. The van der Waals surface area contributed by atoms with E-state index in [0.29, 0.717) is 27.7 Å². The number of primary sulfonamides is 1. The molecule has 1 atom stereocenters. The van der Waals surface area contributed by atoms with Crippen LogP contribution in [-0.2, 0) is 10.0 Å². The second-order valence-corrected chi connectivity index (χ2v) is 8.59. The van der Waals surface area contributed by atoms with Crippen molar-refractivity contribution in [2.24, 2.45) is 5.14 Å². The van der Waals surface area contributed by atoms with Gasteiger partial charge in [0.05, 0.1) is 28.8 Å². The van der Waals surface area contributed by atoms with Crippen molar-refractivity contribution in [1.82, 2.24) is 15.5 Å². The average Bonchev–Trinajstić information content (AvgIpc) is 3.20. The molecule has 0 aliphatic carbocycles. The molecule has 0 aliphatic heterocycles. The molecule has 0 unspecified atom stereocenters. The van der Waals surface area contributed by atoms with Gasteiger partial charge in [-0.25, -0.2) is 13.6 Å². The maximum atomic E-state index is 12.8. The normalized spacial score (nSPS) is 12.6. The minimum Gasteiger partial charge on any atom is -0.394 e. The predicted octanol–water partition coefficient (Wildman–Crippen LogP) is 2.34. The van der Waals surface area contributed by atoms with Crippen LogP contribution in [0.5, 0.6) is 0 Å². The molecule has 158 valence electrons. The molecule has 0 saturated heterocycles. The van der Waals surface area contributed by atoms with Gasteiger partial charge in [0.25, 0.3) is 5.91 Å². The summed E-state index contributed by atoms with van der Waals surface area (Å²) in [6.07, 6.45) is 0. The Morgan fingerprint density at radius 3 is 2.55 bits per heavy atom. The van der Waals surface area contributed by atoms with Crippen molar-refractivity contribution in [3.63, 3.8) is 0 Å². The van der Waals surface area contributed by atoms with E-state index in [2.05, 4.69) is 15.5 Å². The number of fused-ring (bicyclic) bond motifs is 1. The first-order valence-corrected chi connectivity index (χ1v) is 11.0. The molecule has 0 saturated carbocycles. The molecular formula is C22H20N4O4S. The lowest BCUT2D eigenvalue weighted by atomic mass is 10.0. The molecule has 0 aliphatic rings. The summed E-state index contributed by atoms with van der Waals surface area (Å²) in [6.45, 7) is -0.241. The summed E-state index contributed by atoms with van der Waals surface area (Å²) in [7, 11) is -3.86. The van der Waals surface area contributed by atoms with Crippen molar-refractivity contribution in [2.45, 2.75) is 10.9 Å². The summed E-state index contributed by atoms with van der Waals surface area (Å²) in [5.41, 5.74) is 2.91. The van der Waals surface area contributed by atoms with E-state index in [4.69, 9.17) is 5.14 Å². The summed E-state index contributed by atoms with van der Waals surface area (Å²) in [6, 6.07) is 19.8. The fourth-order valence-electron chi connectivity index (χ4n) is 3.36. The smallest absolute Gasteiger partial charge is 0.251 e. The van der Waals surface area contributed by atoms with Gasteiger partial charge in [0, 0.05) is 16.5 Å². The van der Waals surface area contributed by atoms with E-state index in [-0.39, 0.29) is 17.4 Å². The summed E-state index contributed by atoms with van der Waals surface area (Å²) in [5, 5.41) is 25.6. The van der Waals surface area contributed by atoms with Crippen LogP contribution in [0, 0.1) is 0 Å². The van der Waals surface area contributed by atoms with Gasteiger partial charge in [0.1, 0.15) is 0 Å². The molecule has 4 aromatic rings. The highest BCUT2D eigenvalue weighted by Crippen LogP contribution is 2.28. The zero-order chi connectivity index (χ0) is 22.0. The number of hydrogen-bond donors (Lipinski definition) is 4. The number of nitrogens with zero attached hydrogens (tertiary/aromatic N) is 1. The van der Waals surface area contributed by atoms with E-state index >= 15 is 0 Å². The van der Waals surface area contributed by atoms with Crippen LogP contribution in [0.15, 0.2) is 77.7 Å². The van der Waals surface area contributed by atoms with Gasteiger partial charge >= 0.3 is 0 Å². The molecule has 3 aromatic carbocycles. The summed E-state index contributed by atoms with van der Waals surface area (Å²) < 4.78 is 23.4. The number of aromatic nitrogens is 2. The second kappa shape index (κ2) is 8.31. The molecule has 31 heavy (non-hydrogen) atoms. The van der Waals surface area contributed by atoms with Gasteiger partial charge in [-0.1, -0.05) is 42.5 Å². The van der Waals surface area contributed by atoms with Crippen LogP contribution in [0.1, 0.15) is 22.0 Å². The zero-order valence-corrected chi connectivity index (χ0v) is 17.1. The highest BCUT2D eigenvalue weighted by atomic mass is 32.2. The van der Waals surface area contributed by atoms with Crippen LogP contribution in [0.2, 0.25) is 0 Å². The topological polar surface area (TPSA) is 138 Å². The molecule has 5 N–H and O–H groups in total. The van der Waals surface area contributed by atoms with Crippen molar-refractivity contribution >= 4 is 26.8 Å². The maximum absolute atomic E-state index is 12.8. The Bertz CT molecular complexity index is 1350. The minimum absolute atomic E-state index is 0.0244. The molecular weight excluding hydrogens is 416 g/mol. The number of amides is 1. The number of sulfonamides is 1. The third kappa shape index (κ3) is 4.33. The van der Waals surface area contributed by atoms with Crippen LogP contribution < -0.4 is 10.5 Å². The molecule has 1 heterocycles. The Balaban J connectivity index is 1.68. The minimum atomic E-state index is -3.86. The highest BCUT2D eigenvalue weighted by molar-refractivity contribution is 7.89. The van der Waals surface area contributed by atoms with E-state index in [9.17, 15) is 18.3 Å². The predicted molar refractivity (Wildman–Crippen MR) is 117 cm³/mol. The summed E-state index contributed by atoms with van der Waals surface area (Å²) in [4.78, 5) is 12.8. The van der Waals surface area contributed by atoms with Crippen molar-refractivity contribution in [2.75, 3.05) is 6.61 Å². The Hall–Kier alpha value is -3.53. The fraction of sp³-hybridized carbons (Fsp3) is 0.0909. The fourth-order valence-corrected chi connectivity index (χ4v) is 3.92. The third-order valence-corrected chi connectivity index (χ3v) is 5.86. The number of carbonyl (C=O) groups is 1. The standard InChI is InChI=1S/C22H20N4O4S/c23-31(29,30)17-8-4-7-15(11-17)21-18-12-16(9-10-19(18)25-26-21)22(28)24-20(13-27)14-5-2-1-3-6-14/h1-12,20,27H,13H2,(H,24,28)(H,25,26)(H2,23,29,30)/t20-/m0/s1. The Labute approximate surface area is 178 Å². The molecule has 0 radical (unpaired) electrons. The van der Waals surface area contributed by atoms with Crippen LogP contribution in [0.3, 0.4) is 0 Å². The van der Waals surface area contributed by atoms with Gasteiger partial charge in [0.15, 0.2) is 0 Å². The van der Waals surface area contributed by atoms with Crippen LogP contribution in [-0.4, -0.2) is 36.2 Å². The van der Waals surface area contributed by atoms with E-state index in [1.54, 1.807) is 30.3 Å². The van der Waals surface area contributed by atoms with Gasteiger partial charge in [-0.15, -0.1) is 0 Å². The average molecular weight is 436 g/mol. The van der Waals surface area contributed by atoms with Gasteiger partial charge < -0.3 is 10.4 Å².